The summed E-state index contributed by atoms with van der Waals surface area (Å²) in [5.74, 6) is -1.35. The van der Waals surface area contributed by atoms with Crippen molar-refractivity contribution in [3.8, 4) is 0 Å². The van der Waals surface area contributed by atoms with E-state index < -0.39 is 24.5 Å². The maximum Gasteiger partial charge on any atom is 0.339 e. The maximum absolute atomic E-state index is 13.8. The second-order valence-electron chi connectivity index (χ2n) is 6.25. The summed E-state index contributed by atoms with van der Waals surface area (Å²) in [6.45, 7) is -0.566. The van der Waals surface area contributed by atoms with Gasteiger partial charge in [-0.15, -0.1) is 11.8 Å². The Balaban J connectivity index is 1.53. The highest BCUT2D eigenvalue weighted by atomic mass is 32.2. The molecule has 1 aliphatic rings. The highest BCUT2D eigenvalue weighted by molar-refractivity contribution is 7.98. The third-order valence-corrected chi connectivity index (χ3v) is 5.07. The minimum atomic E-state index is -0.706. The van der Waals surface area contributed by atoms with E-state index in [2.05, 4.69) is 10.6 Å². The van der Waals surface area contributed by atoms with Crippen LogP contribution < -0.4 is 10.6 Å². The molecule has 0 atom stereocenters. The molecule has 1 aliphatic carbocycles. The Labute approximate surface area is 165 Å². The molecular formula is C20H19FN2O4S. The van der Waals surface area contributed by atoms with Gasteiger partial charge in [-0.3, -0.25) is 10.1 Å². The van der Waals surface area contributed by atoms with Crippen LogP contribution in [0.4, 0.5) is 9.18 Å². The molecular weight excluding hydrogens is 383 g/mol. The van der Waals surface area contributed by atoms with Crippen molar-refractivity contribution in [3.05, 3.63) is 65.5 Å². The van der Waals surface area contributed by atoms with Crippen LogP contribution in [0.1, 0.15) is 28.8 Å². The second kappa shape index (κ2) is 9.36. The normalized spacial score (nSPS) is 12.9. The molecule has 0 saturated heterocycles. The largest absolute Gasteiger partial charge is 0.452 e. The van der Waals surface area contributed by atoms with E-state index in [1.54, 1.807) is 42.5 Å². The highest BCUT2D eigenvalue weighted by Crippen LogP contribution is 2.27. The van der Waals surface area contributed by atoms with Crippen molar-refractivity contribution in [2.75, 3.05) is 6.61 Å². The number of nitrogens with one attached hydrogen (secondary N) is 2. The zero-order chi connectivity index (χ0) is 19.9. The van der Waals surface area contributed by atoms with Crippen molar-refractivity contribution in [2.45, 2.75) is 29.5 Å². The third kappa shape index (κ3) is 5.82. The smallest absolute Gasteiger partial charge is 0.339 e. The molecule has 0 spiro atoms. The predicted octanol–water partition coefficient (Wildman–Crippen LogP) is 3.26. The molecule has 2 aromatic rings. The van der Waals surface area contributed by atoms with E-state index in [0.29, 0.717) is 16.2 Å². The summed E-state index contributed by atoms with van der Waals surface area (Å²) in [7, 11) is 0. The average molecular weight is 402 g/mol. The van der Waals surface area contributed by atoms with E-state index in [1.165, 1.54) is 17.8 Å². The summed E-state index contributed by atoms with van der Waals surface area (Å²) in [5.41, 5.74) is 0.802. The van der Waals surface area contributed by atoms with Gasteiger partial charge >= 0.3 is 12.0 Å². The van der Waals surface area contributed by atoms with E-state index in [-0.39, 0.29) is 17.4 Å². The van der Waals surface area contributed by atoms with Gasteiger partial charge in [-0.2, -0.15) is 0 Å². The first kappa shape index (κ1) is 19.9. The molecule has 2 N–H and O–H groups in total. The van der Waals surface area contributed by atoms with Crippen LogP contribution >= 0.6 is 11.8 Å². The molecule has 0 unspecified atom stereocenters. The minimum Gasteiger partial charge on any atom is -0.452 e. The van der Waals surface area contributed by atoms with Gasteiger partial charge in [0.25, 0.3) is 5.91 Å². The zero-order valence-electron chi connectivity index (χ0n) is 14.9. The molecule has 6 nitrogen and oxygen atoms in total. The van der Waals surface area contributed by atoms with Gasteiger partial charge in [0.15, 0.2) is 6.61 Å². The van der Waals surface area contributed by atoms with Crippen LogP contribution in [0.5, 0.6) is 0 Å². The number of ether oxygens (including phenoxy) is 1. The van der Waals surface area contributed by atoms with Crippen molar-refractivity contribution in [1.29, 1.82) is 0 Å². The fourth-order valence-electron chi connectivity index (χ4n) is 2.35. The van der Waals surface area contributed by atoms with Crippen molar-refractivity contribution in [2.24, 2.45) is 0 Å². The summed E-state index contributed by atoms with van der Waals surface area (Å²) in [6.07, 6.45) is 1.80. The number of amides is 3. The van der Waals surface area contributed by atoms with Gasteiger partial charge in [0, 0.05) is 16.7 Å². The van der Waals surface area contributed by atoms with Gasteiger partial charge in [-0.25, -0.2) is 14.0 Å². The molecule has 0 aromatic heterocycles. The lowest BCUT2D eigenvalue weighted by Gasteiger charge is -2.10. The summed E-state index contributed by atoms with van der Waals surface area (Å²) in [6, 6.07) is 12.7. The van der Waals surface area contributed by atoms with Crippen molar-refractivity contribution in [3.63, 3.8) is 0 Å². The van der Waals surface area contributed by atoms with Crippen molar-refractivity contribution in [1.82, 2.24) is 10.6 Å². The van der Waals surface area contributed by atoms with Gasteiger partial charge in [-0.05, 0) is 36.6 Å². The summed E-state index contributed by atoms with van der Waals surface area (Å²) < 4.78 is 18.8. The number of imide groups is 1. The number of halogens is 1. The minimum absolute atomic E-state index is 0.119. The first-order valence-electron chi connectivity index (χ1n) is 8.75. The molecule has 3 rings (SSSR count). The predicted molar refractivity (Wildman–Crippen MR) is 102 cm³/mol. The number of hydrogen-bond acceptors (Lipinski definition) is 5. The standard InChI is InChI=1S/C20H19FN2O4S/c21-16-7-3-1-5-13(16)12-28-17-8-4-2-6-15(17)19(25)27-11-18(24)23-20(26)22-14-9-10-14/h1-8,14H,9-12H2,(H2,22,23,24,26). The second-order valence-corrected chi connectivity index (χ2v) is 7.27. The zero-order valence-corrected chi connectivity index (χ0v) is 15.8. The molecule has 1 fully saturated rings. The van der Waals surface area contributed by atoms with Gasteiger partial charge in [0.05, 0.1) is 5.56 Å². The molecule has 146 valence electrons. The number of urea groups is 1. The van der Waals surface area contributed by atoms with E-state index in [4.69, 9.17) is 4.74 Å². The molecule has 0 heterocycles. The van der Waals surface area contributed by atoms with E-state index in [1.807, 2.05) is 0 Å². The topological polar surface area (TPSA) is 84.5 Å². The fraction of sp³-hybridized carbons (Fsp3) is 0.250. The SMILES string of the molecule is O=C(COC(=O)c1ccccc1SCc1ccccc1F)NC(=O)NC1CC1. The first-order valence-corrected chi connectivity index (χ1v) is 9.74. The number of benzene rings is 2. The van der Waals surface area contributed by atoms with Crippen LogP contribution in [-0.4, -0.2) is 30.6 Å². The lowest BCUT2D eigenvalue weighted by atomic mass is 10.2. The summed E-state index contributed by atoms with van der Waals surface area (Å²) >= 11 is 1.30. The first-order chi connectivity index (χ1) is 13.5. The molecule has 8 heteroatoms. The van der Waals surface area contributed by atoms with Crippen LogP contribution in [0.25, 0.3) is 0 Å². The van der Waals surface area contributed by atoms with Crippen LogP contribution in [0.3, 0.4) is 0 Å². The number of hydrogen-bond donors (Lipinski definition) is 2. The van der Waals surface area contributed by atoms with Crippen molar-refractivity contribution < 1.29 is 23.5 Å². The molecule has 2 aromatic carbocycles. The monoisotopic (exact) mass is 402 g/mol. The molecule has 1 saturated carbocycles. The Hall–Kier alpha value is -2.87. The van der Waals surface area contributed by atoms with E-state index >= 15 is 0 Å². The summed E-state index contributed by atoms with van der Waals surface area (Å²) in [5, 5.41) is 4.72. The van der Waals surface area contributed by atoms with E-state index in [9.17, 15) is 18.8 Å². The summed E-state index contributed by atoms with van der Waals surface area (Å²) in [4.78, 5) is 36.2. The van der Waals surface area contributed by atoms with Crippen molar-refractivity contribution >= 4 is 29.7 Å². The number of esters is 1. The quantitative estimate of drug-likeness (QED) is 0.549. The Morgan fingerprint density at radius 2 is 1.79 bits per heavy atom. The molecule has 28 heavy (non-hydrogen) atoms. The lowest BCUT2D eigenvalue weighted by Crippen LogP contribution is -2.42. The van der Waals surface area contributed by atoms with Gasteiger partial charge < -0.3 is 10.1 Å². The Kier molecular flexibility index (Phi) is 6.65. The Morgan fingerprint density at radius 3 is 2.54 bits per heavy atom. The van der Waals surface area contributed by atoms with Crippen LogP contribution in [-0.2, 0) is 15.3 Å². The Morgan fingerprint density at radius 1 is 1.07 bits per heavy atom. The lowest BCUT2D eigenvalue weighted by molar-refractivity contribution is -0.123. The highest BCUT2D eigenvalue weighted by Gasteiger charge is 2.24. The molecule has 0 aliphatic heterocycles. The van der Waals surface area contributed by atoms with Crippen LogP contribution in [0.15, 0.2) is 53.4 Å². The van der Waals surface area contributed by atoms with E-state index in [0.717, 1.165) is 12.8 Å². The molecule has 0 radical (unpaired) electrons. The van der Waals surface area contributed by atoms with Gasteiger partial charge in [-0.1, -0.05) is 30.3 Å². The molecule has 0 bridgehead atoms. The Bertz CT molecular complexity index is 886. The van der Waals surface area contributed by atoms with Crippen LogP contribution in [0, 0.1) is 5.82 Å². The fourth-order valence-corrected chi connectivity index (χ4v) is 3.38. The number of carbonyl (C=O) groups excluding carboxylic acids is 3. The number of thioether (sulfide) groups is 1. The van der Waals surface area contributed by atoms with Gasteiger partial charge in [0.1, 0.15) is 5.82 Å². The molecule has 3 amide bonds. The number of rotatable bonds is 7. The van der Waals surface area contributed by atoms with Crippen LogP contribution in [0.2, 0.25) is 0 Å². The third-order valence-electron chi connectivity index (χ3n) is 3.95. The van der Waals surface area contributed by atoms with Gasteiger partial charge in [0.2, 0.25) is 0 Å². The maximum atomic E-state index is 13.8. The average Bonchev–Trinajstić information content (AvgIpc) is 3.49. The number of carbonyl (C=O) groups is 3.